The molecule has 0 fully saturated rings. The fourth-order valence-corrected chi connectivity index (χ4v) is 4.62. The van der Waals surface area contributed by atoms with Crippen LogP contribution in [0, 0.1) is 0 Å². The lowest BCUT2D eigenvalue weighted by Crippen LogP contribution is -2.46. The summed E-state index contributed by atoms with van der Waals surface area (Å²) in [6.07, 6.45) is 4.49. The van der Waals surface area contributed by atoms with Gasteiger partial charge in [-0.1, -0.05) is 53.5 Å². The lowest BCUT2D eigenvalue weighted by atomic mass is 9.81. The molecule has 1 atom stereocenters. The number of hydrogen-bond acceptors (Lipinski definition) is 6. The first-order chi connectivity index (χ1) is 16.3. The molecule has 1 unspecified atom stereocenters. The van der Waals surface area contributed by atoms with E-state index in [1.807, 2.05) is 41.3 Å². The standard InChI is InChI=1S/C23H19Cl2N5.C2H4O2/c24-19-7-2-6-18(20(19)25)15-4-1-5-17(14-15)23(16-8-11-27-12-9-16)21-28-10-3-13-30(21)22(26)29-23;1-2(3)4/h1-2,4-9,11-12,14H,3,10,13H2,(H2,26,29);1H3,(H,3,4). The van der Waals surface area contributed by atoms with E-state index in [4.69, 9.17) is 48.8 Å². The molecule has 1 aromatic heterocycles. The van der Waals surface area contributed by atoms with Gasteiger partial charge in [-0.25, -0.2) is 4.99 Å². The minimum absolute atomic E-state index is 0.483. The van der Waals surface area contributed by atoms with E-state index in [2.05, 4.69) is 17.1 Å². The summed E-state index contributed by atoms with van der Waals surface area (Å²) in [5.74, 6) is 0.503. The van der Waals surface area contributed by atoms with Crippen molar-refractivity contribution in [3.05, 3.63) is 88.2 Å². The van der Waals surface area contributed by atoms with E-state index in [0.29, 0.717) is 16.0 Å². The predicted octanol–water partition coefficient (Wildman–Crippen LogP) is 4.82. The Morgan fingerprint density at radius 3 is 2.53 bits per heavy atom. The number of aliphatic imine (C=N–C) groups is 2. The molecule has 0 bridgehead atoms. The van der Waals surface area contributed by atoms with Gasteiger partial charge in [0.05, 0.1) is 10.0 Å². The molecule has 34 heavy (non-hydrogen) atoms. The Hall–Kier alpha value is -3.42. The number of nitrogens with two attached hydrogens (primary N) is 1. The first-order valence-corrected chi connectivity index (χ1v) is 11.4. The second-order valence-corrected chi connectivity index (χ2v) is 8.61. The van der Waals surface area contributed by atoms with Crippen LogP contribution in [-0.4, -0.2) is 45.8 Å². The summed E-state index contributed by atoms with van der Waals surface area (Å²) in [7, 11) is 0. The smallest absolute Gasteiger partial charge is 0.300 e. The Morgan fingerprint density at radius 1 is 1.09 bits per heavy atom. The van der Waals surface area contributed by atoms with Gasteiger partial charge in [0.2, 0.25) is 0 Å². The molecular formula is C25H23Cl2N5O2. The lowest BCUT2D eigenvalue weighted by molar-refractivity contribution is -0.134. The zero-order chi connectivity index (χ0) is 24.3. The van der Waals surface area contributed by atoms with E-state index in [-0.39, 0.29) is 0 Å². The first-order valence-electron chi connectivity index (χ1n) is 10.7. The van der Waals surface area contributed by atoms with Crippen molar-refractivity contribution in [1.29, 1.82) is 0 Å². The van der Waals surface area contributed by atoms with Crippen LogP contribution in [0.25, 0.3) is 11.1 Å². The van der Waals surface area contributed by atoms with Crippen LogP contribution in [0.4, 0.5) is 0 Å². The molecule has 0 radical (unpaired) electrons. The highest BCUT2D eigenvalue weighted by Crippen LogP contribution is 2.43. The average molecular weight is 496 g/mol. The van der Waals surface area contributed by atoms with Crippen LogP contribution >= 0.6 is 23.2 Å². The van der Waals surface area contributed by atoms with E-state index in [1.54, 1.807) is 18.5 Å². The molecule has 2 aliphatic heterocycles. The highest BCUT2D eigenvalue weighted by atomic mass is 35.5. The summed E-state index contributed by atoms with van der Waals surface area (Å²) in [5.41, 5.74) is 9.31. The van der Waals surface area contributed by atoms with Crippen molar-refractivity contribution in [2.75, 3.05) is 13.1 Å². The number of amidine groups is 1. The number of fused-ring (bicyclic) bond motifs is 1. The summed E-state index contributed by atoms with van der Waals surface area (Å²) in [6, 6.07) is 17.7. The van der Waals surface area contributed by atoms with Crippen LogP contribution in [0.2, 0.25) is 10.0 Å². The molecule has 3 N–H and O–H groups in total. The van der Waals surface area contributed by atoms with Crippen molar-refractivity contribution in [2.24, 2.45) is 15.7 Å². The molecule has 0 aliphatic carbocycles. The number of aliphatic carboxylic acids is 1. The van der Waals surface area contributed by atoms with E-state index in [1.165, 1.54) is 0 Å². The monoisotopic (exact) mass is 495 g/mol. The van der Waals surface area contributed by atoms with E-state index >= 15 is 0 Å². The number of hydrogen-bond donors (Lipinski definition) is 2. The third kappa shape index (κ3) is 4.36. The van der Waals surface area contributed by atoms with Gasteiger partial charge in [-0.05, 0) is 47.4 Å². The molecule has 3 aromatic rings. The van der Waals surface area contributed by atoms with E-state index < -0.39 is 11.5 Å². The summed E-state index contributed by atoms with van der Waals surface area (Å²) >= 11 is 12.8. The summed E-state index contributed by atoms with van der Waals surface area (Å²) in [5, 5.41) is 8.47. The SMILES string of the molecule is CC(=O)O.NC1=NC(c2ccncc2)(c2cccc(-c3cccc(Cl)c3Cl)c2)C2=NCCCN12. The summed E-state index contributed by atoms with van der Waals surface area (Å²) in [6.45, 7) is 2.64. The fourth-order valence-electron chi connectivity index (χ4n) is 4.21. The Bertz CT molecular complexity index is 1280. The molecule has 9 heteroatoms. The minimum Gasteiger partial charge on any atom is -0.481 e. The quantitative estimate of drug-likeness (QED) is 0.541. The molecule has 0 amide bonds. The maximum Gasteiger partial charge on any atom is 0.300 e. The zero-order valence-electron chi connectivity index (χ0n) is 18.4. The number of nitrogens with zero attached hydrogens (tertiary/aromatic N) is 4. The number of pyridine rings is 1. The molecule has 174 valence electrons. The van der Waals surface area contributed by atoms with Crippen LogP contribution in [-0.2, 0) is 10.3 Å². The molecule has 2 aliphatic rings. The van der Waals surface area contributed by atoms with Crippen molar-refractivity contribution in [3.8, 4) is 11.1 Å². The second-order valence-electron chi connectivity index (χ2n) is 7.83. The van der Waals surface area contributed by atoms with Crippen molar-refractivity contribution < 1.29 is 9.90 Å². The van der Waals surface area contributed by atoms with Gasteiger partial charge in [-0.3, -0.25) is 19.7 Å². The molecule has 0 spiro atoms. The number of carboxylic acid groups (broad SMARTS) is 1. The van der Waals surface area contributed by atoms with Gasteiger partial charge < -0.3 is 10.8 Å². The van der Waals surface area contributed by atoms with Crippen LogP contribution in [0.5, 0.6) is 0 Å². The molecule has 0 saturated heterocycles. The Labute approximate surface area is 207 Å². The maximum atomic E-state index is 9.00. The van der Waals surface area contributed by atoms with Crippen molar-refractivity contribution in [3.63, 3.8) is 0 Å². The molecule has 5 rings (SSSR count). The summed E-state index contributed by atoms with van der Waals surface area (Å²) in [4.78, 5) is 25.0. The number of guanidine groups is 1. The van der Waals surface area contributed by atoms with Crippen molar-refractivity contribution in [1.82, 2.24) is 9.88 Å². The predicted molar refractivity (Wildman–Crippen MR) is 135 cm³/mol. The number of carbonyl (C=O) groups is 1. The van der Waals surface area contributed by atoms with Gasteiger partial charge in [0, 0.05) is 38.0 Å². The van der Waals surface area contributed by atoms with Gasteiger partial charge >= 0.3 is 0 Å². The fraction of sp³-hybridized carbons (Fsp3) is 0.200. The Balaban J connectivity index is 0.000000636. The van der Waals surface area contributed by atoms with Crippen molar-refractivity contribution in [2.45, 2.75) is 18.9 Å². The first kappa shape index (κ1) is 23.7. The van der Waals surface area contributed by atoms with Gasteiger partial charge in [-0.2, -0.15) is 0 Å². The zero-order valence-corrected chi connectivity index (χ0v) is 20.0. The molecule has 7 nitrogen and oxygen atoms in total. The van der Waals surface area contributed by atoms with Crippen molar-refractivity contribution >= 4 is 41.0 Å². The second kappa shape index (κ2) is 9.83. The van der Waals surface area contributed by atoms with Gasteiger partial charge in [0.15, 0.2) is 11.5 Å². The topological polar surface area (TPSA) is 104 Å². The van der Waals surface area contributed by atoms with Crippen LogP contribution in [0.3, 0.4) is 0 Å². The normalized spacial score (nSPS) is 18.9. The largest absolute Gasteiger partial charge is 0.481 e. The number of rotatable bonds is 3. The van der Waals surface area contributed by atoms with Crippen LogP contribution in [0.15, 0.2) is 77.0 Å². The highest BCUT2D eigenvalue weighted by molar-refractivity contribution is 6.43. The van der Waals surface area contributed by atoms with E-state index in [0.717, 1.165) is 54.5 Å². The van der Waals surface area contributed by atoms with Gasteiger partial charge in [-0.15, -0.1) is 0 Å². The molecule has 0 saturated carbocycles. The number of carboxylic acids is 1. The number of aromatic nitrogens is 1. The lowest BCUT2D eigenvalue weighted by Gasteiger charge is -2.33. The number of benzene rings is 2. The third-order valence-electron chi connectivity index (χ3n) is 5.58. The Morgan fingerprint density at radius 2 is 1.79 bits per heavy atom. The molecular weight excluding hydrogens is 473 g/mol. The third-order valence-corrected chi connectivity index (χ3v) is 6.40. The van der Waals surface area contributed by atoms with Gasteiger partial charge in [0.1, 0.15) is 5.84 Å². The highest BCUT2D eigenvalue weighted by Gasteiger charge is 2.49. The van der Waals surface area contributed by atoms with E-state index in [9.17, 15) is 0 Å². The maximum absolute atomic E-state index is 9.00. The van der Waals surface area contributed by atoms with Crippen LogP contribution in [0.1, 0.15) is 24.5 Å². The summed E-state index contributed by atoms with van der Waals surface area (Å²) < 4.78 is 0. The average Bonchev–Trinajstić information content (AvgIpc) is 3.15. The molecule has 2 aromatic carbocycles. The van der Waals surface area contributed by atoms with Gasteiger partial charge in [0.25, 0.3) is 5.97 Å². The van der Waals surface area contributed by atoms with Crippen LogP contribution < -0.4 is 5.73 Å². The Kier molecular flexibility index (Phi) is 6.86. The number of halogens is 2. The minimum atomic E-state index is -0.833. The molecule has 3 heterocycles.